The van der Waals surface area contributed by atoms with E-state index in [1.165, 1.54) is 21.5 Å². The van der Waals surface area contributed by atoms with E-state index in [1.807, 2.05) is 24.3 Å². The van der Waals surface area contributed by atoms with E-state index in [1.54, 1.807) is 0 Å². The first-order valence-electron chi connectivity index (χ1n) is 21.6. The molecule has 0 spiro atoms. The summed E-state index contributed by atoms with van der Waals surface area (Å²) in [6, 6.07) is 76.8. The summed E-state index contributed by atoms with van der Waals surface area (Å²) in [6.45, 7) is 0. The van der Waals surface area contributed by atoms with Gasteiger partial charge in [0.25, 0.3) is 0 Å². The van der Waals surface area contributed by atoms with Crippen LogP contribution in [0.4, 0.5) is 0 Å². The Hall–Kier alpha value is -8.67. The molecule has 0 amide bonds. The maximum Gasteiger partial charge on any atom is 0.164 e. The van der Waals surface area contributed by atoms with Crippen molar-refractivity contribution in [1.29, 1.82) is 0 Å². The second kappa shape index (κ2) is 14.5. The first-order chi connectivity index (χ1) is 31.7. The van der Waals surface area contributed by atoms with Gasteiger partial charge in [-0.05, 0) is 62.7 Å². The lowest BCUT2D eigenvalue weighted by molar-refractivity contribution is 0.669. The number of hydrogen-bond donors (Lipinski definition) is 0. The van der Waals surface area contributed by atoms with Crippen LogP contribution in [0.1, 0.15) is 0 Å². The van der Waals surface area contributed by atoms with Crippen LogP contribution in [-0.2, 0) is 0 Å². The molecule has 0 unspecified atom stereocenters. The van der Waals surface area contributed by atoms with Crippen molar-refractivity contribution in [3.8, 4) is 62.1 Å². The molecule has 0 saturated heterocycles. The molecule has 0 radical (unpaired) electrons. The van der Waals surface area contributed by atoms with Gasteiger partial charge < -0.3 is 8.98 Å². The van der Waals surface area contributed by atoms with Gasteiger partial charge in [-0.15, -0.1) is 0 Å². The monoisotopic (exact) mass is 816 g/mol. The number of rotatable bonds is 6. The lowest BCUT2D eigenvalue weighted by Gasteiger charge is -2.13. The summed E-state index contributed by atoms with van der Waals surface area (Å²) >= 11 is 0. The molecule has 3 heterocycles. The summed E-state index contributed by atoms with van der Waals surface area (Å²) in [6.07, 6.45) is 0. The number of benzene rings is 10. The summed E-state index contributed by atoms with van der Waals surface area (Å²) < 4.78 is 9.32. The van der Waals surface area contributed by atoms with Gasteiger partial charge in [-0.1, -0.05) is 188 Å². The van der Waals surface area contributed by atoms with Crippen molar-refractivity contribution in [2.24, 2.45) is 0 Å². The van der Waals surface area contributed by atoms with E-state index in [0.29, 0.717) is 17.5 Å². The Morgan fingerprint density at radius 3 is 1.48 bits per heavy atom. The van der Waals surface area contributed by atoms with Gasteiger partial charge in [0, 0.05) is 49.7 Å². The highest BCUT2D eigenvalue weighted by Gasteiger charge is 2.23. The van der Waals surface area contributed by atoms with Crippen LogP contribution < -0.4 is 0 Å². The number of furan rings is 1. The maximum absolute atomic E-state index is 6.91. The van der Waals surface area contributed by atoms with E-state index in [9.17, 15) is 0 Å². The van der Waals surface area contributed by atoms with Crippen LogP contribution in [0.5, 0.6) is 0 Å². The van der Waals surface area contributed by atoms with E-state index in [0.717, 1.165) is 88.4 Å². The minimum absolute atomic E-state index is 0.579. The highest BCUT2D eigenvalue weighted by molar-refractivity contribution is 6.25. The van der Waals surface area contributed by atoms with Gasteiger partial charge in [0.2, 0.25) is 0 Å². The molecule has 0 atom stereocenters. The third-order valence-corrected chi connectivity index (χ3v) is 12.6. The normalized spacial score (nSPS) is 11.8. The third-order valence-electron chi connectivity index (χ3n) is 12.6. The first kappa shape index (κ1) is 36.0. The molecular formula is C59H36N4O. The third kappa shape index (κ3) is 5.83. The van der Waals surface area contributed by atoms with Crippen LogP contribution in [0, 0.1) is 0 Å². The number of aromatic nitrogens is 4. The Morgan fingerprint density at radius 2 is 0.828 bits per heavy atom. The molecular weight excluding hydrogens is 781 g/mol. The number of nitrogens with zero attached hydrogens (tertiary/aromatic N) is 4. The molecule has 0 N–H and O–H groups in total. The van der Waals surface area contributed by atoms with Gasteiger partial charge in [-0.3, -0.25) is 0 Å². The van der Waals surface area contributed by atoms with Crippen molar-refractivity contribution < 1.29 is 4.42 Å². The second-order valence-corrected chi connectivity index (χ2v) is 16.4. The number of hydrogen-bond acceptors (Lipinski definition) is 4. The minimum atomic E-state index is 0.579. The largest absolute Gasteiger partial charge is 0.456 e. The van der Waals surface area contributed by atoms with Crippen LogP contribution in [0.3, 0.4) is 0 Å². The molecule has 10 aromatic carbocycles. The quantitative estimate of drug-likeness (QED) is 0.168. The Kier molecular flexibility index (Phi) is 8.15. The molecule has 0 aliphatic heterocycles. The Balaban J connectivity index is 1.03. The van der Waals surface area contributed by atoms with E-state index in [-0.39, 0.29) is 0 Å². The fourth-order valence-corrected chi connectivity index (χ4v) is 9.59. The molecule has 5 nitrogen and oxygen atoms in total. The predicted octanol–water partition coefficient (Wildman–Crippen LogP) is 15.5. The van der Waals surface area contributed by atoms with E-state index >= 15 is 0 Å². The fourth-order valence-electron chi connectivity index (χ4n) is 9.59. The highest BCUT2D eigenvalue weighted by Crippen LogP contribution is 2.44. The smallest absolute Gasteiger partial charge is 0.164 e. The number of fused-ring (bicyclic) bond motifs is 9. The van der Waals surface area contributed by atoms with Gasteiger partial charge in [0.15, 0.2) is 17.5 Å². The van der Waals surface area contributed by atoms with E-state index in [2.05, 4.69) is 199 Å². The van der Waals surface area contributed by atoms with Crippen molar-refractivity contribution in [2.75, 3.05) is 0 Å². The summed E-state index contributed by atoms with van der Waals surface area (Å²) in [7, 11) is 0. The molecule has 13 aromatic rings. The van der Waals surface area contributed by atoms with Crippen molar-refractivity contribution >= 4 is 65.3 Å². The van der Waals surface area contributed by atoms with Gasteiger partial charge in [-0.2, -0.15) is 0 Å². The SMILES string of the molecule is c1ccc(-c2ccc(-c3nc(-c4ccc(-c5ccccc5)cc4)nc(-c4cccc5oc6cc(-n7c8ccccc8c8cc9ccccc9cc87)c7ccccc7c6c45)n3)cc2)cc1. The minimum Gasteiger partial charge on any atom is -0.456 e. The lowest BCUT2D eigenvalue weighted by Crippen LogP contribution is -2.00. The lowest BCUT2D eigenvalue weighted by atomic mass is 9.99. The molecule has 0 aliphatic rings. The molecule has 5 heteroatoms. The van der Waals surface area contributed by atoms with E-state index in [4.69, 9.17) is 19.4 Å². The first-order valence-corrected chi connectivity index (χ1v) is 21.6. The van der Waals surface area contributed by atoms with Crippen molar-refractivity contribution in [1.82, 2.24) is 19.5 Å². The topological polar surface area (TPSA) is 56.7 Å². The molecule has 3 aromatic heterocycles. The van der Waals surface area contributed by atoms with Crippen LogP contribution in [-0.4, -0.2) is 19.5 Å². The van der Waals surface area contributed by atoms with Crippen molar-refractivity contribution in [2.45, 2.75) is 0 Å². The van der Waals surface area contributed by atoms with Crippen LogP contribution in [0.25, 0.3) is 127 Å². The molecule has 13 rings (SSSR count). The predicted molar refractivity (Wildman–Crippen MR) is 264 cm³/mol. The molecule has 0 saturated carbocycles. The average Bonchev–Trinajstić information content (AvgIpc) is 3.91. The number of para-hydroxylation sites is 1. The second-order valence-electron chi connectivity index (χ2n) is 16.4. The zero-order valence-electron chi connectivity index (χ0n) is 34.5. The van der Waals surface area contributed by atoms with Gasteiger partial charge in [-0.25, -0.2) is 15.0 Å². The fraction of sp³-hybridized carbons (Fsp3) is 0. The Bertz CT molecular complexity index is 3830. The zero-order chi connectivity index (χ0) is 42.1. The Morgan fingerprint density at radius 1 is 0.312 bits per heavy atom. The van der Waals surface area contributed by atoms with Gasteiger partial charge in [0.1, 0.15) is 11.2 Å². The van der Waals surface area contributed by atoms with Crippen molar-refractivity contribution in [3.05, 3.63) is 218 Å². The van der Waals surface area contributed by atoms with Gasteiger partial charge in [0.05, 0.1) is 16.7 Å². The summed E-state index contributed by atoms with van der Waals surface area (Å²) in [5.74, 6) is 1.78. The van der Waals surface area contributed by atoms with Crippen LogP contribution >= 0.6 is 0 Å². The molecule has 0 bridgehead atoms. The highest BCUT2D eigenvalue weighted by atomic mass is 16.3. The summed E-state index contributed by atoms with van der Waals surface area (Å²) in [5, 5.41) is 9.07. The average molecular weight is 817 g/mol. The van der Waals surface area contributed by atoms with Crippen molar-refractivity contribution in [3.63, 3.8) is 0 Å². The molecule has 0 fully saturated rings. The zero-order valence-corrected chi connectivity index (χ0v) is 34.5. The van der Waals surface area contributed by atoms with E-state index < -0.39 is 0 Å². The molecule has 0 aliphatic carbocycles. The van der Waals surface area contributed by atoms with Crippen LogP contribution in [0.15, 0.2) is 223 Å². The summed E-state index contributed by atoms with van der Waals surface area (Å²) in [4.78, 5) is 15.7. The molecule has 298 valence electrons. The van der Waals surface area contributed by atoms with Crippen LogP contribution in [0.2, 0.25) is 0 Å². The standard InChI is InChI=1S/C59H36N4O/c1-3-14-37(15-4-1)39-26-30-41(31-27-39)57-60-58(42-32-28-40(29-33-42)38-16-5-2-6-17-38)62-59(61-57)48-23-13-25-53-56(48)55-47-22-10-9-20-45(47)52(36-54(55)64-53)63-50-24-12-11-21-46(50)49-34-43-18-7-8-19-44(43)35-51(49)63/h1-36H. The maximum atomic E-state index is 6.91. The Labute approximate surface area is 368 Å². The summed E-state index contributed by atoms with van der Waals surface area (Å²) in [5.41, 5.74) is 12.2. The molecule has 64 heavy (non-hydrogen) atoms. The van der Waals surface area contributed by atoms with Gasteiger partial charge >= 0.3 is 0 Å².